The second-order valence-electron chi connectivity index (χ2n) is 5.61. The molecule has 0 N–H and O–H groups in total. The van der Waals surface area contributed by atoms with Crippen molar-refractivity contribution in [3.63, 3.8) is 0 Å². The summed E-state index contributed by atoms with van der Waals surface area (Å²) in [5, 5.41) is 0. The number of carbonyl (C=O) groups excluding carboxylic acids is 2. The smallest absolute Gasteiger partial charge is 0.307 e. The summed E-state index contributed by atoms with van der Waals surface area (Å²) in [5.41, 5.74) is 0.969. The lowest BCUT2D eigenvalue weighted by Gasteiger charge is -2.22. The minimum atomic E-state index is -0.279. The zero-order chi connectivity index (χ0) is 17.0. The summed E-state index contributed by atoms with van der Waals surface area (Å²) >= 11 is 0. The molecule has 1 amide bonds. The quantitative estimate of drug-likeness (QED) is 0.334. The van der Waals surface area contributed by atoms with Gasteiger partial charge in [-0.2, -0.15) is 0 Å². The molecule has 0 bridgehead atoms. The molecule has 0 aromatic heterocycles. The molecule has 0 rings (SSSR count). The average molecular weight is 312 g/mol. The third-order valence-electron chi connectivity index (χ3n) is 3.58. The van der Waals surface area contributed by atoms with Crippen LogP contribution in [0.5, 0.6) is 0 Å². The van der Waals surface area contributed by atoms with Crippen LogP contribution in [0.1, 0.15) is 47.0 Å². The highest BCUT2D eigenvalue weighted by molar-refractivity contribution is 5.88. The van der Waals surface area contributed by atoms with Crippen molar-refractivity contribution >= 4 is 11.9 Å². The minimum Gasteiger partial charge on any atom is -0.469 e. The number of hydrogen-bond donors (Lipinski definition) is 0. The summed E-state index contributed by atoms with van der Waals surface area (Å²) < 4.78 is 4.65. The molecule has 0 aliphatic carbocycles. The molecule has 0 saturated heterocycles. The van der Waals surface area contributed by atoms with Crippen molar-refractivity contribution in [3.8, 4) is 0 Å². The number of carbonyl (C=O) groups is 2. The Morgan fingerprint density at radius 3 is 2.09 bits per heavy atom. The van der Waals surface area contributed by atoms with Crippen LogP contribution < -0.4 is 0 Å². The Hall–Kier alpha value is -1.36. The summed E-state index contributed by atoms with van der Waals surface area (Å²) in [4.78, 5) is 27.6. The molecule has 0 radical (unpaired) electrons. The molecule has 0 aromatic carbocycles. The third-order valence-corrected chi connectivity index (χ3v) is 3.58. The first-order chi connectivity index (χ1) is 10.4. The normalized spacial score (nSPS) is 10.5. The Bertz CT molecular complexity index is 359. The fraction of sp³-hybridized carbons (Fsp3) is 0.765. The molecule has 0 saturated carbocycles. The highest BCUT2D eigenvalue weighted by Crippen LogP contribution is 2.03. The summed E-state index contributed by atoms with van der Waals surface area (Å²) in [6, 6.07) is 0. The van der Waals surface area contributed by atoms with E-state index in [2.05, 4.69) is 23.5 Å². The zero-order valence-electron chi connectivity index (χ0n) is 14.9. The van der Waals surface area contributed by atoms with Crippen LogP contribution in [-0.4, -0.2) is 61.5 Å². The van der Waals surface area contributed by atoms with Gasteiger partial charge in [0.25, 0.3) is 0 Å². The number of unbranched alkanes of at least 4 members (excludes halogenated alkanes) is 1. The number of esters is 1. The van der Waals surface area contributed by atoms with Gasteiger partial charge in [0, 0.05) is 19.2 Å². The van der Waals surface area contributed by atoms with Gasteiger partial charge in [0.1, 0.15) is 0 Å². The number of nitrogens with zero attached hydrogens (tertiary/aromatic N) is 2. The van der Waals surface area contributed by atoms with E-state index in [0.29, 0.717) is 13.1 Å². The van der Waals surface area contributed by atoms with E-state index in [1.54, 1.807) is 11.0 Å². The maximum atomic E-state index is 12.2. The van der Waals surface area contributed by atoms with E-state index in [1.807, 2.05) is 13.8 Å². The monoisotopic (exact) mass is 312 g/mol. The summed E-state index contributed by atoms with van der Waals surface area (Å²) in [5.74, 6) is -0.301. The Morgan fingerprint density at radius 2 is 1.59 bits per heavy atom. The molecule has 5 heteroatoms. The molecule has 0 heterocycles. The van der Waals surface area contributed by atoms with Gasteiger partial charge in [-0.05, 0) is 46.3 Å². The third kappa shape index (κ3) is 9.55. The standard InChI is InChI=1S/C17H32N2O3/c1-6-18(7-2)11-8-9-12-19(13-10-17(21)22-5)16(20)14-15(3)4/h14H,6-13H2,1-5H3. The molecule has 0 aromatic rings. The first-order valence-electron chi connectivity index (χ1n) is 8.17. The minimum absolute atomic E-state index is 0.0215. The molecule has 5 nitrogen and oxygen atoms in total. The van der Waals surface area contributed by atoms with Crippen molar-refractivity contribution < 1.29 is 14.3 Å². The highest BCUT2D eigenvalue weighted by atomic mass is 16.5. The summed E-state index contributed by atoms with van der Waals surface area (Å²) in [7, 11) is 1.37. The van der Waals surface area contributed by atoms with E-state index >= 15 is 0 Å². The zero-order valence-corrected chi connectivity index (χ0v) is 14.9. The van der Waals surface area contributed by atoms with E-state index in [9.17, 15) is 9.59 Å². The second kappa shape index (κ2) is 12.2. The second-order valence-corrected chi connectivity index (χ2v) is 5.61. The number of amides is 1. The van der Waals surface area contributed by atoms with Crippen molar-refractivity contribution in [2.45, 2.75) is 47.0 Å². The van der Waals surface area contributed by atoms with Crippen LogP contribution in [0.4, 0.5) is 0 Å². The fourth-order valence-electron chi connectivity index (χ4n) is 2.18. The van der Waals surface area contributed by atoms with Crippen molar-refractivity contribution in [1.29, 1.82) is 0 Å². The van der Waals surface area contributed by atoms with Crippen LogP contribution in [-0.2, 0) is 14.3 Å². The fourth-order valence-corrected chi connectivity index (χ4v) is 2.18. The van der Waals surface area contributed by atoms with Gasteiger partial charge in [-0.25, -0.2) is 0 Å². The van der Waals surface area contributed by atoms with Crippen molar-refractivity contribution in [2.75, 3.05) is 39.8 Å². The van der Waals surface area contributed by atoms with E-state index in [0.717, 1.165) is 38.0 Å². The number of rotatable bonds is 11. The SMILES string of the molecule is CCN(CC)CCCCN(CCC(=O)OC)C(=O)C=C(C)C. The lowest BCUT2D eigenvalue weighted by molar-refractivity contribution is -0.141. The molecule has 0 aliphatic rings. The van der Waals surface area contributed by atoms with E-state index in [-0.39, 0.29) is 18.3 Å². The van der Waals surface area contributed by atoms with Gasteiger partial charge in [0.15, 0.2) is 0 Å². The topological polar surface area (TPSA) is 49.9 Å². The van der Waals surface area contributed by atoms with Crippen LogP contribution in [0.25, 0.3) is 0 Å². The molecule has 22 heavy (non-hydrogen) atoms. The molecule has 0 unspecified atom stereocenters. The van der Waals surface area contributed by atoms with E-state index in [4.69, 9.17) is 0 Å². The Balaban J connectivity index is 4.37. The lowest BCUT2D eigenvalue weighted by atomic mass is 10.2. The van der Waals surface area contributed by atoms with Crippen molar-refractivity contribution in [1.82, 2.24) is 9.80 Å². The number of allylic oxidation sites excluding steroid dienone is 1. The highest BCUT2D eigenvalue weighted by Gasteiger charge is 2.13. The van der Waals surface area contributed by atoms with Gasteiger partial charge in [-0.3, -0.25) is 9.59 Å². The lowest BCUT2D eigenvalue weighted by Crippen LogP contribution is -2.33. The first kappa shape index (κ1) is 20.6. The van der Waals surface area contributed by atoms with Gasteiger partial charge in [-0.15, -0.1) is 0 Å². The van der Waals surface area contributed by atoms with Crippen LogP contribution in [0.15, 0.2) is 11.6 Å². The Kier molecular flexibility index (Phi) is 11.5. The molecular weight excluding hydrogens is 280 g/mol. The average Bonchev–Trinajstić information content (AvgIpc) is 2.49. The van der Waals surface area contributed by atoms with Gasteiger partial charge >= 0.3 is 5.97 Å². The molecular formula is C17H32N2O3. The number of hydrogen-bond acceptors (Lipinski definition) is 4. The van der Waals surface area contributed by atoms with Gasteiger partial charge in [-0.1, -0.05) is 19.4 Å². The predicted molar refractivity (Wildman–Crippen MR) is 89.7 cm³/mol. The van der Waals surface area contributed by atoms with Crippen LogP contribution >= 0.6 is 0 Å². The Morgan fingerprint density at radius 1 is 1.00 bits per heavy atom. The molecule has 0 spiro atoms. The number of methoxy groups -OCH3 is 1. The maximum Gasteiger partial charge on any atom is 0.307 e. The summed E-state index contributed by atoms with van der Waals surface area (Å²) in [6.07, 6.45) is 3.87. The largest absolute Gasteiger partial charge is 0.469 e. The van der Waals surface area contributed by atoms with Gasteiger partial charge in [0.2, 0.25) is 5.91 Å². The van der Waals surface area contributed by atoms with Crippen molar-refractivity contribution in [3.05, 3.63) is 11.6 Å². The van der Waals surface area contributed by atoms with Gasteiger partial charge in [0.05, 0.1) is 13.5 Å². The van der Waals surface area contributed by atoms with E-state index in [1.165, 1.54) is 7.11 Å². The molecule has 0 aliphatic heterocycles. The molecule has 0 atom stereocenters. The predicted octanol–water partition coefficient (Wildman–Crippen LogP) is 2.47. The van der Waals surface area contributed by atoms with Gasteiger partial charge < -0.3 is 14.5 Å². The van der Waals surface area contributed by atoms with Crippen LogP contribution in [0.3, 0.4) is 0 Å². The van der Waals surface area contributed by atoms with Crippen molar-refractivity contribution in [2.24, 2.45) is 0 Å². The maximum absolute atomic E-state index is 12.2. The van der Waals surface area contributed by atoms with Crippen LogP contribution in [0.2, 0.25) is 0 Å². The summed E-state index contributed by atoms with van der Waals surface area (Å²) in [6.45, 7) is 12.4. The first-order valence-corrected chi connectivity index (χ1v) is 8.17. The van der Waals surface area contributed by atoms with Crippen LogP contribution in [0, 0.1) is 0 Å². The molecule has 0 fully saturated rings. The molecule has 128 valence electrons. The van der Waals surface area contributed by atoms with E-state index < -0.39 is 0 Å². The number of ether oxygens (including phenoxy) is 1. The Labute approximate surface area is 135 Å².